The van der Waals surface area contributed by atoms with Crippen molar-refractivity contribution in [1.29, 1.82) is 0 Å². The summed E-state index contributed by atoms with van der Waals surface area (Å²) in [5.41, 5.74) is 0.128. The molecule has 0 N–H and O–H groups in total. The van der Waals surface area contributed by atoms with Gasteiger partial charge in [0.05, 0.1) is 4.92 Å². The van der Waals surface area contributed by atoms with E-state index in [9.17, 15) is 18.9 Å². The van der Waals surface area contributed by atoms with Crippen LogP contribution in [0.5, 0.6) is 11.5 Å². The van der Waals surface area contributed by atoms with Crippen molar-refractivity contribution >= 4 is 21.6 Å². The molecule has 4 nitrogen and oxygen atoms in total. The van der Waals surface area contributed by atoms with Gasteiger partial charge in [-0.2, -0.15) is 4.39 Å². The maximum absolute atomic E-state index is 13.6. The van der Waals surface area contributed by atoms with Gasteiger partial charge in [-0.25, -0.2) is 4.39 Å². The molecule has 20 heavy (non-hydrogen) atoms. The quantitative estimate of drug-likeness (QED) is 0.459. The molecule has 0 atom stereocenters. The highest BCUT2D eigenvalue weighted by molar-refractivity contribution is 9.10. The van der Waals surface area contributed by atoms with Gasteiger partial charge in [-0.05, 0) is 24.6 Å². The number of aryl methyl sites for hydroxylation is 1. The number of benzene rings is 2. The summed E-state index contributed by atoms with van der Waals surface area (Å²) in [6, 6.07) is 6.43. The molecule has 2 rings (SSSR count). The number of nitro groups is 1. The van der Waals surface area contributed by atoms with Crippen LogP contribution in [0.25, 0.3) is 0 Å². The van der Waals surface area contributed by atoms with Gasteiger partial charge in [-0.15, -0.1) is 0 Å². The Balaban J connectivity index is 2.53. The van der Waals surface area contributed by atoms with Crippen LogP contribution in [-0.4, -0.2) is 4.92 Å². The third kappa shape index (κ3) is 2.77. The molecule has 0 amide bonds. The Morgan fingerprint density at radius 1 is 1.30 bits per heavy atom. The second-order valence-corrected chi connectivity index (χ2v) is 4.90. The van der Waals surface area contributed by atoms with Crippen LogP contribution in [0, 0.1) is 28.7 Å². The molecule has 0 spiro atoms. The molecule has 2 aromatic rings. The van der Waals surface area contributed by atoms with Gasteiger partial charge in [0.2, 0.25) is 11.6 Å². The molecule has 0 aliphatic rings. The zero-order valence-electron chi connectivity index (χ0n) is 10.2. The summed E-state index contributed by atoms with van der Waals surface area (Å²) >= 11 is 3.01. The predicted molar refractivity (Wildman–Crippen MR) is 72.0 cm³/mol. The standard InChI is InChI=1S/C13H8BrF2NO3/c1-7-3-2-4-10(17(18)19)13(7)20-11-6-8(14)5-9(15)12(11)16/h2-6H,1H3. The van der Waals surface area contributed by atoms with Crippen LogP contribution in [0.1, 0.15) is 5.56 Å². The number of nitrogens with zero attached hydrogens (tertiary/aromatic N) is 1. The SMILES string of the molecule is Cc1cccc([N+](=O)[O-])c1Oc1cc(Br)cc(F)c1F. The first-order chi connectivity index (χ1) is 9.40. The van der Waals surface area contributed by atoms with Crippen LogP contribution in [0.4, 0.5) is 14.5 Å². The average Bonchev–Trinajstić information content (AvgIpc) is 2.37. The molecule has 0 saturated heterocycles. The molecule has 0 radical (unpaired) electrons. The lowest BCUT2D eigenvalue weighted by Crippen LogP contribution is -1.98. The Morgan fingerprint density at radius 2 is 2.00 bits per heavy atom. The largest absolute Gasteiger partial charge is 0.447 e. The minimum absolute atomic E-state index is 0.117. The number of hydrogen-bond donors (Lipinski definition) is 0. The van der Waals surface area contributed by atoms with E-state index in [4.69, 9.17) is 4.74 Å². The summed E-state index contributed by atoms with van der Waals surface area (Å²) in [7, 11) is 0. The Kier molecular flexibility index (Phi) is 3.99. The van der Waals surface area contributed by atoms with Gasteiger partial charge in [0.25, 0.3) is 0 Å². The van der Waals surface area contributed by atoms with Crippen molar-refractivity contribution in [2.24, 2.45) is 0 Å². The summed E-state index contributed by atoms with van der Waals surface area (Å²) in [5, 5.41) is 10.9. The summed E-state index contributed by atoms with van der Waals surface area (Å²) in [4.78, 5) is 10.3. The van der Waals surface area contributed by atoms with E-state index in [1.54, 1.807) is 13.0 Å². The molecule has 104 valence electrons. The average molecular weight is 344 g/mol. The predicted octanol–water partition coefficient (Wildman–Crippen LogP) is 4.74. The highest BCUT2D eigenvalue weighted by atomic mass is 79.9. The molecule has 0 aliphatic carbocycles. The molecule has 7 heteroatoms. The van der Waals surface area contributed by atoms with Gasteiger partial charge in [-0.3, -0.25) is 10.1 Å². The first kappa shape index (κ1) is 14.4. The number of rotatable bonds is 3. The fraction of sp³-hybridized carbons (Fsp3) is 0.0769. The Morgan fingerprint density at radius 3 is 2.65 bits per heavy atom. The molecule has 0 unspecified atom stereocenters. The topological polar surface area (TPSA) is 52.4 Å². The van der Waals surface area contributed by atoms with Crippen molar-refractivity contribution in [3.63, 3.8) is 0 Å². The summed E-state index contributed by atoms with van der Waals surface area (Å²) in [6.45, 7) is 1.58. The minimum atomic E-state index is -1.20. The number of halogens is 3. The summed E-state index contributed by atoms with van der Waals surface area (Å²) in [6.07, 6.45) is 0. The fourth-order valence-electron chi connectivity index (χ4n) is 1.63. The Labute approximate surface area is 121 Å². The van der Waals surface area contributed by atoms with Crippen LogP contribution in [0.2, 0.25) is 0 Å². The van der Waals surface area contributed by atoms with Crippen molar-refractivity contribution in [1.82, 2.24) is 0 Å². The van der Waals surface area contributed by atoms with Gasteiger partial charge in [0.1, 0.15) is 0 Å². The zero-order valence-corrected chi connectivity index (χ0v) is 11.8. The maximum Gasteiger partial charge on any atom is 0.311 e. The molecular weight excluding hydrogens is 336 g/mol. The van der Waals surface area contributed by atoms with Crippen molar-refractivity contribution in [2.75, 3.05) is 0 Å². The molecule has 0 fully saturated rings. The van der Waals surface area contributed by atoms with E-state index in [1.165, 1.54) is 18.2 Å². The normalized spacial score (nSPS) is 10.4. The summed E-state index contributed by atoms with van der Waals surface area (Å²) < 4.78 is 32.4. The monoisotopic (exact) mass is 343 g/mol. The molecule has 2 aromatic carbocycles. The third-order valence-electron chi connectivity index (χ3n) is 2.56. The molecule has 0 bridgehead atoms. The van der Waals surface area contributed by atoms with E-state index < -0.39 is 22.3 Å². The maximum atomic E-state index is 13.6. The van der Waals surface area contributed by atoms with Crippen LogP contribution < -0.4 is 4.74 Å². The zero-order chi connectivity index (χ0) is 14.9. The lowest BCUT2D eigenvalue weighted by Gasteiger charge is -2.10. The lowest BCUT2D eigenvalue weighted by molar-refractivity contribution is -0.385. The van der Waals surface area contributed by atoms with Crippen LogP contribution in [-0.2, 0) is 0 Å². The number of hydrogen-bond acceptors (Lipinski definition) is 3. The second kappa shape index (κ2) is 5.54. The van der Waals surface area contributed by atoms with Gasteiger partial charge in [-0.1, -0.05) is 28.1 Å². The Bertz CT molecular complexity index is 692. The Hall–Kier alpha value is -2.02. The molecular formula is C13H8BrF2NO3. The number of nitro benzene ring substituents is 1. The van der Waals surface area contributed by atoms with Gasteiger partial charge >= 0.3 is 5.69 Å². The van der Waals surface area contributed by atoms with Crippen LogP contribution >= 0.6 is 15.9 Å². The second-order valence-electron chi connectivity index (χ2n) is 3.98. The lowest BCUT2D eigenvalue weighted by atomic mass is 10.2. The van der Waals surface area contributed by atoms with Crippen molar-refractivity contribution in [3.05, 3.63) is 62.1 Å². The molecule has 0 aliphatic heterocycles. The van der Waals surface area contributed by atoms with Crippen molar-refractivity contribution in [2.45, 2.75) is 6.92 Å². The first-order valence-corrected chi connectivity index (χ1v) is 6.26. The van der Waals surface area contributed by atoms with Gasteiger partial charge in [0, 0.05) is 10.5 Å². The molecule has 0 saturated carbocycles. The van der Waals surface area contributed by atoms with E-state index in [0.29, 0.717) is 5.56 Å². The fourth-order valence-corrected chi connectivity index (χ4v) is 2.04. The van der Waals surface area contributed by atoms with Gasteiger partial charge < -0.3 is 4.74 Å². The van der Waals surface area contributed by atoms with E-state index in [-0.39, 0.29) is 15.9 Å². The third-order valence-corrected chi connectivity index (χ3v) is 3.02. The minimum Gasteiger partial charge on any atom is -0.447 e. The van der Waals surface area contributed by atoms with Crippen LogP contribution in [0.15, 0.2) is 34.8 Å². The first-order valence-electron chi connectivity index (χ1n) is 5.46. The highest BCUT2D eigenvalue weighted by Crippen LogP contribution is 2.36. The highest BCUT2D eigenvalue weighted by Gasteiger charge is 2.20. The number of ether oxygens (including phenoxy) is 1. The molecule has 0 heterocycles. The van der Waals surface area contributed by atoms with E-state index in [2.05, 4.69) is 15.9 Å². The molecule has 0 aromatic heterocycles. The van der Waals surface area contributed by atoms with E-state index >= 15 is 0 Å². The van der Waals surface area contributed by atoms with Crippen LogP contribution in [0.3, 0.4) is 0 Å². The summed E-state index contributed by atoms with van der Waals surface area (Å²) in [5.74, 6) is -2.85. The van der Waals surface area contributed by atoms with Crippen molar-refractivity contribution in [3.8, 4) is 11.5 Å². The number of para-hydroxylation sites is 1. The smallest absolute Gasteiger partial charge is 0.311 e. The van der Waals surface area contributed by atoms with Gasteiger partial charge in [0.15, 0.2) is 11.6 Å². The van der Waals surface area contributed by atoms with E-state index in [1.807, 2.05) is 0 Å². The van der Waals surface area contributed by atoms with Crippen molar-refractivity contribution < 1.29 is 18.4 Å². The van der Waals surface area contributed by atoms with E-state index in [0.717, 1.165) is 6.07 Å².